The van der Waals surface area contributed by atoms with Gasteiger partial charge in [-0.15, -0.1) is 23.5 Å². The van der Waals surface area contributed by atoms with Gasteiger partial charge < -0.3 is 5.11 Å². The fraction of sp³-hybridized carbons (Fsp3) is 1.00. The van der Waals surface area contributed by atoms with Crippen LogP contribution in [-0.2, 0) is 0 Å². The van der Waals surface area contributed by atoms with E-state index in [9.17, 15) is 5.11 Å². The van der Waals surface area contributed by atoms with Gasteiger partial charge in [0.2, 0.25) is 0 Å². The predicted octanol–water partition coefficient (Wildman–Crippen LogP) is 3.37. The summed E-state index contributed by atoms with van der Waals surface area (Å²) >= 11 is 3.69. The lowest BCUT2D eigenvalue weighted by molar-refractivity contribution is 0.129. The maximum Gasteiger partial charge on any atom is 0.0981 e. The third-order valence-electron chi connectivity index (χ3n) is 3.36. The van der Waals surface area contributed by atoms with Crippen LogP contribution in [0.25, 0.3) is 0 Å². The molecule has 0 heterocycles. The van der Waals surface area contributed by atoms with Crippen molar-refractivity contribution in [2.45, 2.75) is 56.0 Å². The van der Waals surface area contributed by atoms with Gasteiger partial charge in [-0.1, -0.05) is 34.6 Å². The summed E-state index contributed by atoms with van der Waals surface area (Å²) in [6, 6.07) is 0. The quantitative estimate of drug-likeness (QED) is 0.740. The Hall–Kier alpha value is 0.660. The second kappa shape index (κ2) is 3.08. The smallest absolute Gasteiger partial charge is 0.0981 e. The molecule has 1 fully saturated rings. The Balaban J connectivity index is 2.94. The van der Waals surface area contributed by atoms with Crippen molar-refractivity contribution in [3.8, 4) is 0 Å². The SMILES string of the molecule is CSC1(SC(C)(C)C)C(C)(C)C1(C)O. The molecule has 2 unspecified atom stereocenters. The summed E-state index contributed by atoms with van der Waals surface area (Å²) in [4.78, 5) is 0. The number of rotatable bonds is 2. The number of hydrogen-bond donors (Lipinski definition) is 1. The molecule has 0 spiro atoms. The van der Waals surface area contributed by atoms with Crippen LogP contribution in [-0.4, -0.2) is 25.8 Å². The molecule has 0 saturated heterocycles. The van der Waals surface area contributed by atoms with E-state index < -0.39 is 5.60 Å². The lowest BCUT2D eigenvalue weighted by Gasteiger charge is -2.27. The molecule has 0 bridgehead atoms. The average Bonchev–Trinajstić information content (AvgIpc) is 2.26. The van der Waals surface area contributed by atoms with Gasteiger partial charge in [0.1, 0.15) is 0 Å². The molecule has 84 valence electrons. The van der Waals surface area contributed by atoms with E-state index in [0.29, 0.717) is 0 Å². The van der Waals surface area contributed by atoms with Crippen molar-refractivity contribution in [3.05, 3.63) is 0 Å². The van der Waals surface area contributed by atoms with Crippen LogP contribution in [0.2, 0.25) is 0 Å². The maximum atomic E-state index is 10.4. The van der Waals surface area contributed by atoms with E-state index in [1.165, 1.54) is 0 Å². The van der Waals surface area contributed by atoms with E-state index in [4.69, 9.17) is 0 Å². The molecule has 3 heteroatoms. The van der Waals surface area contributed by atoms with Gasteiger partial charge in [-0.3, -0.25) is 0 Å². The topological polar surface area (TPSA) is 20.2 Å². The Morgan fingerprint density at radius 3 is 1.50 bits per heavy atom. The molecule has 0 aliphatic heterocycles. The summed E-state index contributed by atoms with van der Waals surface area (Å²) in [5.41, 5.74) is -0.561. The maximum absolute atomic E-state index is 10.4. The lowest BCUT2D eigenvalue weighted by Crippen LogP contribution is -2.22. The first-order valence-corrected chi connectivity index (χ1v) is 7.04. The molecule has 1 saturated carbocycles. The monoisotopic (exact) mass is 234 g/mol. The molecule has 0 aromatic heterocycles. The Morgan fingerprint density at radius 2 is 1.43 bits per heavy atom. The summed E-state index contributed by atoms with van der Waals surface area (Å²) in [6.45, 7) is 12.9. The van der Waals surface area contributed by atoms with Gasteiger partial charge in [0.05, 0.1) is 9.68 Å². The Bertz CT molecular complexity index is 224. The van der Waals surface area contributed by atoms with Crippen LogP contribution in [0.15, 0.2) is 0 Å². The minimum absolute atomic E-state index is 0.00262. The van der Waals surface area contributed by atoms with Crippen LogP contribution in [0, 0.1) is 5.41 Å². The van der Waals surface area contributed by atoms with Crippen LogP contribution in [0.5, 0.6) is 0 Å². The second-order valence-corrected chi connectivity index (χ2v) is 9.05. The molecule has 1 nitrogen and oxygen atoms in total. The average molecular weight is 234 g/mol. The molecular formula is C11H22OS2. The molecule has 1 aliphatic rings. The van der Waals surface area contributed by atoms with E-state index in [2.05, 4.69) is 40.9 Å². The molecule has 14 heavy (non-hydrogen) atoms. The van der Waals surface area contributed by atoms with Crippen LogP contribution in [0.4, 0.5) is 0 Å². The van der Waals surface area contributed by atoms with E-state index in [1.807, 2.05) is 18.7 Å². The Labute approximate surface area is 96.4 Å². The predicted molar refractivity (Wildman–Crippen MR) is 68.0 cm³/mol. The Morgan fingerprint density at radius 1 is 1.07 bits per heavy atom. The summed E-state index contributed by atoms with van der Waals surface area (Å²) in [7, 11) is 0. The molecule has 0 radical (unpaired) electrons. The highest BCUT2D eigenvalue weighted by Crippen LogP contribution is 2.77. The van der Waals surface area contributed by atoms with Crippen LogP contribution in [0.3, 0.4) is 0 Å². The van der Waals surface area contributed by atoms with Crippen molar-refractivity contribution in [3.63, 3.8) is 0 Å². The summed E-state index contributed by atoms with van der Waals surface area (Å²) < 4.78 is 0.152. The highest BCUT2D eigenvalue weighted by Gasteiger charge is 2.80. The molecule has 2 atom stereocenters. The first kappa shape index (κ1) is 12.7. The molecule has 0 aromatic carbocycles. The van der Waals surface area contributed by atoms with E-state index in [0.717, 1.165) is 0 Å². The number of aliphatic hydroxyl groups is 1. The first-order chi connectivity index (χ1) is 6.02. The first-order valence-electron chi connectivity index (χ1n) is 4.99. The minimum Gasteiger partial charge on any atom is -0.387 e. The fourth-order valence-corrected chi connectivity index (χ4v) is 6.25. The van der Waals surface area contributed by atoms with Crippen LogP contribution < -0.4 is 0 Å². The van der Waals surface area contributed by atoms with Crippen molar-refractivity contribution in [1.29, 1.82) is 0 Å². The fourth-order valence-electron chi connectivity index (χ4n) is 2.13. The van der Waals surface area contributed by atoms with Gasteiger partial charge in [0.15, 0.2) is 0 Å². The van der Waals surface area contributed by atoms with Gasteiger partial charge in [0, 0.05) is 10.2 Å². The zero-order valence-electron chi connectivity index (χ0n) is 10.3. The van der Waals surface area contributed by atoms with Crippen molar-refractivity contribution < 1.29 is 5.11 Å². The molecule has 0 aromatic rings. The van der Waals surface area contributed by atoms with Crippen molar-refractivity contribution in [1.82, 2.24) is 0 Å². The highest BCUT2D eigenvalue weighted by atomic mass is 32.2. The normalized spacial score (nSPS) is 41.1. The zero-order valence-corrected chi connectivity index (χ0v) is 11.9. The highest BCUT2D eigenvalue weighted by molar-refractivity contribution is 8.19. The third-order valence-corrected chi connectivity index (χ3v) is 7.40. The van der Waals surface area contributed by atoms with E-state index >= 15 is 0 Å². The summed E-state index contributed by atoms with van der Waals surface area (Å²) in [5.74, 6) is 0. The van der Waals surface area contributed by atoms with E-state index in [1.54, 1.807) is 11.8 Å². The molecule has 1 aliphatic carbocycles. The summed E-state index contributed by atoms with van der Waals surface area (Å²) in [6.07, 6.45) is 2.10. The number of thioether (sulfide) groups is 2. The van der Waals surface area contributed by atoms with Gasteiger partial charge in [-0.2, -0.15) is 0 Å². The van der Waals surface area contributed by atoms with Crippen molar-refractivity contribution in [2.75, 3.05) is 6.26 Å². The van der Waals surface area contributed by atoms with Gasteiger partial charge in [-0.05, 0) is 13.2 Å². The second-order valence-electron chi connectivity index (χ2n) is 5.73. The van der Waals surface area contributed by atoms with Gasteiger partial charge in [-0.25, -0.2) is 0 Å². The minimum atomic E-state index is -0.558. The number of hydrogen-bond acceptors (Lipinski definition) is 3. The lowest BCUT2D eigenvalue weighted by atomic mass is 10.1. The third kappa shape index (κ3) is 1.43. The standard InChI is InChI=1S/C11H22OS2/c1-8(2,3)14-11(13-7)9(4,5)10(11,6)12/h12H,1-7H3. The Kier molecular flexibility index (Phi) is 2.80. The molecule has 1 rings (SSSR count). The molecule has 0 amide bonds. The molecule has 1 N–H and O–H groups in total. The van der Waals surface area contributed by atoms with Gasteiger partial charge in [0.25, 0.3) is 0 Å². The zero-order chi connectivity index (χ0) is 11.4. The van der Waals surface area contributed by atoms with E-state index in [-0.39, 0.29) is 14.2 Å². The van der Waals surface area contributed by atoms with Gasteiger partial charge >= 0.3 is 0 Å². The largest absolute Gasteiger partial charge is 0.387 e. The molecular weight excluding hydrogens is 212 g/mol. The van der Waals surface area contributed by atoms with Crippen molar-refractivity contribution >= 4 is 23.5 Å². The van der Waals surface area contributed by atoms with Crippen LogP contribution in [0.1, 0.15) is 41.5 Å². The summed E-state index contributed by atoms with van der Waals surface area (Å²) in [5, 5.41) is 10.4. The van der Waals surface area contributed by atoms with Crippen LogP contribution >= 0.6 is 23.5 Å². The van der Waals surface area contributed by atoms with Crippen molar-refractivity contribution in [2.24, 2.45) is 5.41 Å².